The zero-order valence-electron chi connectivity index (χ0n) is 15.9. The maximum atomic E-state index is 13.0. The van der Waals surface area contributed by atoms with Gasteiger partial charge in [-0.3, -0.25) is 4.79 Å². The Morgan fingerprint density at radius 3 is 2.72 bits per heavy atom. The van der Waals surface area contributed by atoms with E-state index < -0.39 is 21.9 Å². The normalized spacial score (nSPS) is 15.1. The number of aryl methyl sites for hydroxylation is 1. The Hall–Kier alpha value is -2.41. The molecule has 1 aromatic carbocycles. The maximum Gasteiger partial charge on any atom is 0.362 e. The van der Waals surface area contributed by atoms with Crippen molar-refractivity contribution in [2.75, 3.05) is 38.2 Å². The number of sulfonamides is 1. The third kappa shape index (κ3) is 4.61. The number of ether oxygens (including phenoxy) is 2. The third-order valence-electron chi connectivity index (χ3n) is 4.22. The molecule has 2 heterocycles. The Kier molecular flexibility index (Phi) is 6.57. The molecular weight excluding hydrogens is 420 g/mol. The van der Waals surface area contributed by atoms with Crippen molar-refractivity contribution in [1.82, 2.24) is 13.9 Å². The first kappa shape index (κ1) is 21.3. The van der Waals surface area contributed by atoms with Gasteiger partial charge in [0.25, 0.3) is 5.91 Å². The largest absolute Gasteiger partial charge is 0.461 e. The summed E-state index contributed by atoms with van der Waals surface area (Å²) >= 11 is 0.828. The summed E-state index contributed by atoms with van der Waals surface area (Å²) in [5.41, 5.74) is 0.559. The summed E-state index contributed by atoms with van der Waals surface area (Å²) in [6.07, 6.45) is 0. The van der Waals surface area contributed by atoms with Crippen molar-refractivity contribution in [1.29, 1.82) is 0 Å². The number of hydrogen-bond acceptors (Lipinski definition) is 9. The summed E-state index contributed by atoms with van der Waals surface area (Å²) in [4.78, 5) is 24.6. The van der Waals surface area contributed by atoms with E-state index in [1.807, 2.05) is 0 Å². The zero-order chi connectivity index (χ0) is 21.0. The average Bonchev–Trinajstić information content (AvgIpc) is 3.17. The SMILES string of the molecule is CCOC(=O)c1nnsc1NC(=O)c1ccc(C)c(S(=O)(=O)N2CCOCC2)c1. The van der Waals surface area contributed by atoms with Crippen molar-refractivity contribution < 1.29 is 27.5 Å². The molecule has 1 amide bonds. The van der Waals surface area contributed by atoms with Crippen LogP contribution in [-0.2, 0) is 19.5 Å². The minimum atomic E-state index is -3.76. The fraction of sp³-hybridized carbons (Fsp3) is 0.412. The fourth-order valence-corrected chi connectivity index (χ4v) is 4.94. The predicted octanol–water partition coefficient (Wildman–Crippen LogP) is 1.30. The molecule has 0 radical (unpaired) electrons. The second-order valence-electron chi connectivity index (χ2n) is 6.12. The number of hydrogen-bond donors (Lipinski definition) is 1. The molecule has 0 saturated carbocycles. The molecule has 12 heteroatoms. The molecule has 0 unspecified atom stereocenters. The van der Waals surface area contributed by atoms with E-state index in [2.05, 4.69) is 14.9 Å². The number of morpholine rings is 1. The van der Waals surface area contributed by atoms with Crippen LogP contribution in [0.1, 0.15) is 33.3 Å². The lowest BCUT2D eigenvalue weighted by atomic mass is 10.1. The number of anilines is 1. The van der Waals surface area contributed by atoms with Crippen molar-refractivity contribution in [2.45, 2.75) is 18.7 Å². The lowest BCUT2D eigenvalue weighted by Crippen LogP contribution is -2.40. The van der Waals surface area contributed by atoms with Crippen LogP contribution < -0.4 is 5.32 Å². The summed E-state index contributed by atoms with van der Waals surface area (Å²) in [6.45, 7) is 4.65. The van der Waals surface area contributed by atoms with Crippen molar-refractivity contribution in [3.05, 3.63) is 35.0 Å². The molecule has 1 aliphatic rings. The van der Waals surface area contributed by atoms with E-state index >= 15 is 0 Å². The van der Waals surface area contributed by atoms with Crippen LogP contribution in [0.3, 0.4) is 0 Å². The van der Waals surface area contributed by atoms with Crippen LogP contribution in [-0.4, -0.2) is 67.1 Å². The Morgan fingerprint density at radius 1 is 1.31 bits per heavy atom. The smallest absolute Gasteiger partial charge is 0.362 e. The number of benzene rings is 1. The highest BCUT2D eigenvalue weighted by Crippen LogP contribution is 2.24. The number of amides is 1. The lowest BCUT2D eigenvalue weighted by molar-refractivity contribution is 0.0520. The predicted molar refractivity (Wildman–Crippen MR) is 105 cm³/mol. The molecule has 2 aromatic rings. The van der Waals surface area contributed by atoms with Crippen molar-refractivity contribution in [3.8, 4) is 0 Å². The summed E-state index contributed by atoms with van der Waals surface area (Å²) < 4.78 is 41.0. The number of esters is 1. The van der Waals surface area contributed by atoms with Gasteiger partial charge in [0.2, 0.25) is 15.7 Å². The Balaban J connectivity index is 1.85. The highest BCUT2D eigenvalue weighted by molar-refractivity contribution is 7.89. The van der Waals surface area contributed by atoms with E-state index in [1.54, 1.807) is 19.9 Å². The lowest BCUT2D eigenvalue weighted by Gasteiger charge is -2.26. The van der Waals surface area contributed by atoms with Crippen LogP contribution in [0.2, 0.25) is 0 Å². The van der Waals surface area contributed by atoms with Gasteiger partial charge in [-0.15, -0.1) is 5.10 Å². The molecule has 1 aliphatic heterocycles. The fourth-order valence-electron chi connectivity index (χ4n) is 2.73. The molecule has 0 aliphatic carbocycles. The van der Waals surface area contributed by atoms with Gasteiger partial charge in [0.05, 0.1) is 24.7 Å². The van der Waals surface area contributed by atoms with Gasteiger partial charge in [-0.05, 0) is 31.5 Å². The van der Waals surface area contributed by atoms with Crippen LogP contribution in [0, 0.1) is 6.92 Å². The minimum Gasteiger partial charge on any atom is -0.461 e. The van der Waals surface area contributed by atoms with Crippen LogP contribution in [0.25, 0.3) is 0 Å². The molecule has 29 heavy (non-hydrogen) atoms. The topological polar surface area (TPSA) is 128 Å². The Morgan fingerprint density at radius 2 is 2.03 bits per heavy atom. The summed E-state index contributed by atoms with van der Waals surface area (Å²) in [7, 11) is -3.76. The number of carbonyl (C=O) groups is 2. The van der Waals surface area contributed by atoms with E-state index in [0.29, 0.717) is 18.8 Å². The van der Waals surface area contributed by atoms with E-state index in [1.165, 1.54) is 16.4 Å². The first-order valence-electron chi connectivity index (χ1n) is 8.84. The quantitative estimate of drug-likeness (QED) is 0.666. The highest BCUT2D eigenvalue weighted by Gasteiger charge is 2.29. The molecule has 1 N–H and O–H groups in total. The number of carbonyl (C=O) groups excluding carboxylic acids is 2. The van der Waals surface area contributed by atoms with Crippen LogP contribution in [0.15, 0.2) is 23.1 Å². The first-order chi connectivity index (χ1) is 13.8. The van der Waals surface area contributed by atoms with Gasteiger partial charge >= 0.3 is 5.97 Å². The first-order valence-corrected chi connectivity index (χ1v) is 11.0. The molecule has 0 spiro atoms. The average molecular weight is 441 g/mol. The molecule has 3 rings (SSSR count). The van der Waals surface area contributed by atoms with Crippen molar-refractivity contribution >= 4 is 38.4 Å². The summed E-state index contributed by atoms with van der Waals surface area (Å²) in [5.74, 6) is -1.28. The molecule has 1 aromatic heterocycles. The van der Waals surface area contributed by atoms with Crippen molar-refractivity contribution in [3.63, 3.8) is 0 Å². The highest BCUT2D eigenvalue weighted by atomic mass is 32.2. The zero-order valence-corrected chi connectivity index (χ0v) is 17.5. The van der Waals surface area contributed by atoms with Gasteiger partial charge in [0, 0.05) is 30.2 Å². The van der Waals surface area contributed by atoms with Gasteiger partial charge < -0.3 is 14.8 Å². The molecule has 156 valence electrons. The van der Waals surface area contributed by atoms with Gasteiger partial charge in [0.15, 0.2) is 5.00 Å². The van der Waals surface area contributed by atoms with Crippen molar-refractivity contribution in [2.24, 2.45) is 0 Å². The molecule has 10 nitrogen and oxygen atoms in total. The number of rotatable bonds is 6. The van der Waals surface area contributed by atoms with E-state index in [-0.39, 0.29) is 40.9 Å². The molecular formula is C17H20N4O6S2. The number of nitrogens with one attached hydrogen (secondary N) is 1. The molecule has 1 fully saturated rings. The molecule has 0 atom stereocenters. The molecule has 1 saturated heterocycles. The van der Waals surface area contributed by atoms with Gasteiger partial charge in [-0.25, -0.2) is 13.2 Å². The van der Waals surface area contributed by atoms with Crippen LogP contribution in [0.4, 0.5) is 5.00 Å². The second kappa shape index (κ2) is 8.95. The second-order valence-corrected chi connectivity index (χ2v) is 8.78. The minimum absolute atomic E-state index is 0.0556. The van der Waals surface area contributed by atoms with E-state index in [4.69, 9.17) is 9.47 Å². The van der Waals surface area contributed by atoms with Crippen LogP contribution in [0.5, 0.6) is 0 Å². The maximum absolute atomic E-state index is 13.0. The standard InChI is InChI=1S/C17H20N4O6S2/c1-3-27-17(23)14-16(28-20-19-14)18-15(22)12-5-4-11(2)13(10-12)29(24,25)21-6-8-26-9-7-21/h4-5,10H,3,6-9H2,1-2H3,(H,18,22). The van der Waals surface area contributed by atoms with Gasteiger partial charge in [-0.2, -0.15) is 4.31 Å². The van der Waals surface area contributed by atoms with Crippen LogP contribution >= 0.6 is 11.5 Å². The summed E-state index contributed by atoms with van der Waals surface area (Å²) in [5, 5.41) is 6.36. The monoisotopic (exact) mass is 440 g/mol. The van der Waals surface area contributed by atoms with E-state index in [0.717, 1.165) is 11.5 Å². The molecule has 0 bridgehead atoms. The number of aromatic nitrogens is 2. The third-order valence-corrected chi connectivity index (χ3v) is 6.90. The van der Waals surface area contributed by atoms with E-state index in [9.17, 15) is 18.0 Å². The number of nitrogens with zero attached hydrogens (tertiary/aromatic N) is 3. The Labute approximate surface area is 172 Å². The Bertz CT molecular complexity index is 1010. The summed E-state index contributed by atoms with van der Waals surface area (Å²) in [6, 6.07) is 4.41. The van der Waals surface area contributed by atoms with Gasteiger partial charge in [0.1, 0.15) is 0 Å². The van der Waals surface area contributed by atoms with Gasteiger partial charge in [-0.1, -0.05) is 10.6 Å².